The Morgan fingerprint density at radius 1 is 1.27 bits per heavy atom. The quantitative estimate of drug-likeness (QED) is 0.773. The summed E-state index contributed by atoms with van der Waals surface area (Å²) in [5, 5.41) is 4.44. The van der Waals surface area contributed by atoms with Crippen molar-refractivity contribution in [2.75, 3.05) is 13.6 Å². The first-order chi connectivity index (χ1) is 7.33. The van der Waals surface area contributed by atoms with Gasteiger partial charge < -0.3 is 9.73 Å². The molecule has 0 saturated carbocycles. The molecule has 1 aromatic carbocycles. The van der Waals surface area contributed by atoms with E-state index in [0.29, 0.717) is 0 Å². The van der Waals surface area contributed by atoms with Gasteiger partial charge in [0.15, 0.2) is 0 Å². The van der Waals surface area contributed by atoms with Crippen LogP contribution in [0.25, 0.3) is 11.0 Å². The number of furan rings is 1. The van der Waals surface area contributed by atoms with E-state index >= 15 is 0 Å². The van der Waals surface area contributed by atoms with Gasteiger partial charge in [0, 0.05) is 10.9 Å². The van der Waals surface area contributed by atoms with Crippen molar-refractivity contribution >= 4 is 11.0 Å². The molecular weight excluding hydrogens is 186 g/mol. The first kappa shape index (κ1) is 10.2. The van der Waals surface area contributed by atoms with Crippen molar-refractivity contribution < 1.29 is 4.42 Å². The fourth-order valence-corrected chi connectivity index (χ4v) is 1.97. The van der Waals surface area contributed by atoms with Crippen molar-refractivity contribution in [2.45, 2.75) is 19.8 Å². The second-order valence-corrected chi connectivity index (χ2v) is 3.84. The Morgan fingerprint density at radius 3 is 2.87 bits per heavy atom. The summed E-state index contributed by atoms with van der Waals surface area (Å²) in [6, 6.07) is 8.26. The monoisotopic (exact) mass is 203 g/mol. The number of para-hydroxylation sites is 1. The first-order valence-electron chi connectivity index (χ1n) is 5.44. The highest BCUT2D eigenvalue weighted by molar-refractivity contribution is 5.82. The molecule has 2 nitrogen and oxygen atoms in total. The molecule has 2 rings (SSSR count). The fourth-order valence-electron chi connectivity index (χ4n) is 1.97. The third kappa shape index (κ3) is 2.05. The molecule has 0 radical (unpaired) electrons. The largest absolute Gasteiger partial charge is 0.461 e. The molecule has 0 aliphatic heterocycles. The summed E-state index contributed by atoms with van der Waals surface area (Å²) in [5.41, 5.74) is 2.37. The number of fused-ring (bicyclic) bond motifs is 1. The molecule has 2 heteroatoms. The summed E-state index contributed by atoms with van der Waals surface area (Å²) < 4.78 is 5.71. The van der Waals surface area contributed by atoms with E-state index in [0.717, 1.165) is 30.7 Å². The van der Waals surface area contributed by atoms with E-state index in [-0.39, 0.29) is 0 Å². The van der Waals surface area contributed by atoms with Crippen LogP contribution in [0, 0.1) is 6.92 Å². The van der Waals surface area contributed by atoms with Gasteiger partial charge in [0.05, 0.1) is 0 Å². The average molecular weight is 203 g/mol. The molecule has 0 saturated heterocycles. The minimum absolute atomic E-state index is 1.01. The summed E-state index contributed by atoms with van der Waals surface area (Å²) in [5.74, 6) is 1.06. The minimum Gasteiger partial charge on any atom is -0.461 e. The van der Waals surface area contributed by atoms with Crippen LogP contribution in [0.4, 0.5) is 0 Å². The van der Waals surface area contributed by atoms with E-state index in [1.807, 2.05) is 19.2 Å². The van der Waals surface area contributed by atoms with Crippen molar-refractivity contribution in [1.82, 2.24) is 5.32 Å². The first-order valence-corrected chi connectivity index (χ1v) is 5.44. The maximum atomic E-state index is 5.71. The van der Waals surface area contributed by atoms with Crippen molar-refractivity contribution in [3.63, 3.8) is 0 Å². The lowest BCUT2D eigenvalue weighted by Gasteiger charge is -1.99. The van der Waals surface area contributed by atoms with E-state index < -0.39 is 0 Å². The molecule has 0 amide bonds. The summed E-state index contributed by atoms with van der Waals surface area (Å²) in [6.07, 6.45) is 2.24. The Labute approximate surface area is 90.3 Å². The number of hydrogen-bond donors (Lipinski definition) is 1. The van der Waals surface area contributed by atoms with E-state index in [4.69, 9.17) is 4.42 Å². The fraction of sp³-hybridized carbons (Fsp3) is 0.385. The topological polar surface area (TPSA) is 25.2 Å². The Bertz CT molecular complexity index is 445. The highest BCUT2D eigenvalue weighted by Crippen LogP contribution is 2.25. The summed E-state index contributed by atoms with van der Waals surface area (Å²) in [7, 11) is 1.99. The van der Waals surface area contributed by atoms with Crippen LogP contribution in [0.3, 0.4) is 0 Å². The van der Waals surface area contributed by atoms with Gasteiger partial charge in [-0.15, -0.1) is 0 Å². The van der Waals surface area contributed by atoms with Gasteiger partial charge in [0.2, 0.25) is 0 Å². The Kier molecular flexibility index (Phi) is 3.07. The van der Waals surface area contributed by atoms with Crippen LogP contribution in [-0.2, 0) is 6.42 Å². The van der Waals surface area contributed by atoms with Crippen LogP contribution < -0.4 is 5.32 Å². The van der Waals surface area contributed by atoms with Crippen LogP contribution in [0.5, 0.6) is 0 Å². The van der Waals surface area contributed by atoms with Crippen LogP contribution in [0.1, 0.15) is 17.7 Å². The number of nitrogens with one attached hydrogen (secondary N) is 1. The van der Waals surface area contributed by atoms with Gasteiger partial charge in [-0.2, -0.15) is 0 Å². The molecule has 1 aromatic heterocycles. The third-order valence-electron chi connectivity index (χ3n) is 2.75. The highest BCUT2D eigenvalue weighted by atomic mass is 16.3. The molecule has 1 N–H and O–H groups in total. The van der Waals surface area contributed by atoms with Crippen LogP contribution >= 0.6 is 0 Å². The van der Waals surface area contributed by atoms with E-state index in [2.05, 4.69) is 24.4 Å². The zero-order chi connectivity index (χ0) is 10.7. The second-order valence-electron chi connectivity index (χ2n) is 3.84. The van der Waals surface area contributed by atoms with Gasteiger partial charge in [0.1, 0.15) is 11.3 Å². The molecule has 15 heavy (non-hydrogen) atoms. The standard InChI is InChI=1S/C13H17NO/c1-10-11(7-5-9-14-2)12-6-3-4-8-13(12)15-10/h3-4,6,8,14H,5,7,9H2,1-2H3. The number of benzene rings is 1. The van der Waals surface area contributed by atoms with Gasteiger partial charge >= 0.3 is 0 Å². The molecular formula is C13H17NO. The number of aryl methyl sites for hydroxylation is 2. The van der Waals surface area contributed by atoms with Crippen LogP contribution in [-0.4, -0.2) is 13.6 Å². The highest BCUT2D eigenvalue weighted by Gasteiger charge is 2.08. The lowest BCUT2D eigenvalue weighted by atomic mass is 10.1. The van der Waals surface area contributed by atoms with Crippen LogP contribution in [0.2, 0.25) is 0 Å². The molecule has 80 valence electrons. The molecule has 0 aliphatic rings. The molecule has 1 heterocycles. The maximum Gasteiger partial charge on any atom is 0.134 e. The Morgan fingerprint density at radius 2 is 2.07 bits per heavy atom. The van der Waals surface area contributed by atoms with E-state index in [1.165, 1.54) is 10.9 Å². The van der Waals surface area contributed by atoms with Gasteiger partial charge in [-0.05, 0) is 39.4 Å². The van der Waals surface area contributed by atoms with Crippen molar-refractivity contribution in [2.24, 2.45) is 0 Å². The normalized spacial score (nSPS) is 11.1. The molecule has 0 unspecified atom stereocenters. The molecule has 0 atom stereocenters. The van der Waals surface area contributed by atoms with Gasteiger partial charge in [-0.3, -0.25) is 0 Å². The number of hydrogen-bond acceptors (Lipinski definition) is 2. The summed E-state index contributed by atoms with van der Waals surface area (Å²) in [4.78, 5) is 0. The average Bonchev–Trinajstić information content (AvgIpc) is 2.56. The van der Waals surface area contributed by atoms with Gasteiger partial charge in [-0.25, -0.2) is 0 Å². The van der Waals surface area contributed by atoms with Crippen molar-refractivity contribution in [3.05, 3.63) is 35.6 Å². The third-order valence-corrected chi connectivity index (χ3v) is 2.75. The van der Waals surface area contributed by atoms with Gasteiger partial charge in [0.25, 0.3) is 0 Å². The lowest BCUT2D eigenvalue weighted by molar-refractivity contribution is 0.569. The van der Waals surface area contributed by atoms with E-state index in [9.17, 15) is 0 Å². The second kappa shape index (κ2) is 4.49. The molecule has 0 bridgehead atoms. The zero-order valence-electron chi connectivity index (χ0n) is 9.34. The van der Waals surface area contributed by atoms with Gasteiger partial charge in [-0.1, -0.05) is 18.2 Å². The number of rotatable bonds is 4. The van der Waals surface area contributed by atoms with E-state index in [1.54, 1.807) is 0 Å². The molecule has 0 fully saturated rings. The maximum absolute atomic E-state index is 5.71. The Hall–Kier alpha value is -1.28. The van der Waals surface area contributed by atoms with Crippen molar-refractivity contribution in [1.29, 1.82) is 0 Å². The lowest BCUT2D eigenvalue weighted by Crippen LogP contribution is -2.08. The predicted octanol–water partition coefficient (Wildman–Crippen LogP) is 2.89. The predicted molar refractivity (Wildman–Crippen MR) is 63.2 cm³/mol. The molecule has 2 aromatic rings. The van der Waals surface area contributed by atoms with Crippen LogP contribution in [0.15, 0.2) is 28.7 Å². The minimum atomic E-state index is 1.01. The summed E-state index contributed by atoms with van der Waals surface area (Å²) in [6.45, 7) is 3.10. The summed E-state index contributed by atoms with van der Waals surface area (Å²) >= 11 is 0. The van der Waals surface area contributed by atoms with Crippen molar-refractivity contribution in [3.8, 4) is 0 Å². The Balaban J connectivity index is 2.28. The molecule has 0 aliphatic carbocycles. The zero-order valence-corrected chi connectivity index (χ0v) is 9.34. The SMILES string of the molecule is CNCCCc1c(C)oc2ccccc12. The molecule has 0 spiro atoms. The smallest absolute Gasteiger partial charge is 0.134 e.